The van der Waals surface area contributed by atoms with Gasteiger partial charge in [-0.25, -0.2) is 8.78 Å². The van der Waals surface area contributed by atoms with E-state index in [9.17, 15) is 23.2 Å². The minimum absolute atomic E-state index is 0.145. The number of hydrogen-bond donors (Lipinski definition) is 2. The number of imide groups is 1. The topological polar surface area (TPSA) is 87.7 Å². The summed E-state index contributed by atoms with van der Waals surface area (Å²) < 4.78 is 31.6. The van der Waals surface area contributed by atoms with Gasteiger partial charge in [-0.15, -0.1) is 0 Å². The molecule has 2 aromatic rings. The molecule has 0 bridgehead atoms. The highest BCUT2D eigenvalue weighted by atomic mass is 19.1. The number of benzene rings is 2. The van der Waals surface area contributed by atoms with Gasteiger partial charge in [0.25, 0.3) is 5.91 Å². The molecule has 2 saturated heterocycles. The van der Waals surface area contributed by atoms with Crippen molar-refractivity contribution in [2.75, 3.05) is 13.1 Å². The molecule has 6 rings (SSSR count). The molecule has 3 heterocycles. The number of piperidine rings is 1. The first-order valence-corrected chi connectivity index (χ1v) is 13.0. The number of fused-ring (bicyclic) bond motifs is 1. The van der Waals surface area contributed by atoms with Crippen LogP contribution >= 0.6 is 0 Å². The summed E-state index contributed by atoms with van der Waals surface area (Å²) in [4.78, 5) is 37.6. The number of hydrogen-bond acceptors (Lipinski definition) is 5. The summed E-state index contributed by atoms with van der Waals surface area (Å²) in [7, 11) is 0. The fourth-order valence-electron chi connectivity index (χ4n) is 5.34. The number of nitrogens with one attached hydrogen (secondary N) is 2. The molecule has 0 radical (unpaired) electrons. The lowest BCUT2D eigenvalue weighted by Crippen LogP contribution is -2.52. The van der Waals surface area contributed by atoms with E-state index >= 15 is 0 Å². The minimum Gasteiger partial charge on any atom is -0.490 e. The third-order valence-corrected chi connectivity index (χ3v) is 7.53. The maximum atomic E-state index is 13.1. The lowest BCUT2D eigenvalue weighted by atomic mass is 9.93. The first-order valence-electron chi connectivity index (χ1n) is 13.0. The Hall–Kier alpha value is -3.33. The van der Waals surface area contributed by atoms with Gasteiger partial charge in [0.05, 0.1) is 6.10 Å². The van der Waals surface area contributed by atoms with Crippen LogP contribution in [0.25, 0.3) is 0 Å². The number of carbonyl (C=O) groups excluding carboxylic acids is 3. The van der Waals surface area contributed by atoms with Crippen LogP contribution in [-0.2, 0) is 16.1 Å². The van der Waals surface area contributed by atoms with Gasteiger partial charge < -0.3 is 15.0 Å². The smallest absolute Gasteiger partial charge is 0.255 e. The molecule has 3 fully saturated rings. The van der Waals surface area contributed by atoms with E-state index in [1.807, 2.05) is 12.1 Å². The summed E-state index contributed by atoms with van der Waals surface area (Å²) in [5.41, 5.74) is 2.14. The molecule has 37 heavy (non-hydrogen) atoms. The Morgan fingerprint density at radius 1 is 0.919 bits per heavy atom. The first-order chi connectivity index (χ1) is 17.9. The number of nitrogens with zero attached hydrogens (tertiary/aromatic N) is 1. The summed E-state index contributed by atoms with van der Waals surface area (Å²) in [6, 6.07) is 8.76. The van der Waals surface area contributed by atoms with Gasteiger partial charge >= 0.3 is 0 Å². The molecule has 9 heteroatoms. The molecular weight excluding hydrogens is 480 g/mol. The Balaban J connectivity index is 0.000000195. The molecule has 1 saturated carbocycles. The third-order valence-electron chi connectivity index (χ3n) is 7.53. The highest BCUT2D eigenvalue weighted by molar-refractivity contribution is 6.05. The average Bonchev–Trinajstić information content (AvgIpc) is 3.16. The van der Waals surface area contributed by atoms with E-state index in [0.717, 1.165) is 43.3 Å². The predicted octanol–water partition coefficient (Wildman–Crippen LogP) is 3.81. The second-order valence-corrected chi connectivity index (χ2v) is 10.1. The summed E-state index contributed by atoms with van der Waals surface area (Å²) in [5.74, 6) is -0.711. The van der Waals surface area contributed by atoms with Crippen LogP contribution in [-0.4, -0.2) is 47.9 Å². The Morgan fingerprint density at radius 3 is 2.38 bits per heavy atom. The SMILES string of the molecule is Fc1ccc(C2CNC2)c(F)c1.O=C1CCC(N2Cc3cc(OC4CCCCC4)ccc3C2=O)C(=O)N1. The Labute approximate surface area is 214 Å². The molecule has 196 valence electrons. The molecule has 2 aromatic carbocycles. The summed E-state index contributed by atoms with van der Waals surface area (Å²) >= 11 is 0. The van der Waals surface area contributed by atoms with Crippen LogP contribution in [0.3, 0.4) is 0 Å². The molecule has 1 unspecified atom stereocenters. The van der Waals surface area contributed by atoms with E-state index in [1.165, 1.54) is 31.4 Å². The van der Waals surface area contributed by atoms with Gasteiger partial charge in [-0.05, 0) is 67.5 Å². The van der Waals surface area contributed by atoms with Crippen molar-refractivity contribution < 1.29 is 27.9 Å². The van der Waals surface area contributed by atoms with Gasteiger partial charge in [0.2, 0.25) is 11.8 Å². The van der Waals surface area contributed by atoms with Crippen LogP contribution in [0.1, 0.15) is 72.3 Å². The van der Waals surface area contributed by atoms with E-state index in [2.05, 4.69) is 10.6 Å². The largest absolute Gasteiger partial charge is 0.490 e. The van der Waals surface area contributed by atoms with Crippen molar-refractivity contribution >= 4 is 17.7 Å². The maximum Gasteiger partial charge on any atom is 0.255 e. The van der Waals surface area contributed by atoms with Gasteiger partial charge in [-0.2, -0.15) is 0 Å². The fraction of sp³-hybridized carbons (Fsp3) is 0.464. The van der Waals surface area contributed by atoms with E-state index in [1.54, 1.807) is 11.0 Å². The van der Waals surface area contributed by atoms with Crippen molar-refractivity contribution in [2.45, 2.75) is 69.6 Å². The second-order valence-electron chi connectivity index (χ2n) is 10.1. The Bertz CT molecular complexity index is 1190. The van der Waals surface area contributed by atoms with E-state index < -0.39 is 17.7 Å². The van der Waals surface area contributed by atoms with Gasteiger partial charge in [-0.3, -0.25) is 19.7 Å². The van der Waals surface area contributed by atoms with Crippen LogP contribution in [0, 0.1) is 11.6 Å². The van der Waals surface area contributed by atoms with Crippen molar-refractivity contribution in [1.29, 1.82) is 0 Å². The van der Waals surface area contributed by atoms with Crippen LogP contribution < -0.4 is 15.4 Å². The highest BCUT2D eigenvalue weighted by Gasteiger charge is 2.39. The number of carbonyl (C=O) groups is 3. The summed E-state index contributed by atoms with van der Waals surface area (Å²) in [6.45, 7) is 1.98. The normalized spacial score (nSPS) is 22.1. The van der Waals surface area contributed by atoms with Crippen molar-refractivity contribution in [2.24, 2.45) is 0 Å². The van der Waals surface area contributed by atoms with Gasteiger partial charge in [0.1, 0.15) is 23.4 Å². The third kappa shape index (κ3) is 5.66. The van der Waals surface area contributed by atoms with Crippen LogP contribution in [0.2, 0.25) is 0 Å². The molecule has 3 amide bonds. The monoisotopic (exact) mass is 511 g/mol. The zero-order valence-corrected chi connectivity index (χ0v) is 20.6. The minimum atomic E-state index is -0.569. The molecule has 1 atom stereocenters. The number of amides is 3. The van der Waals surface area contributed by atoms with Crippen LogP contribution in [0.4, 0.5) is 8.78 Å². The van der Waals surface area contributed by atoms with Crippen LogP contribution in [0.15, 0.2) is 36.4 Å². The molecule has 4 aliphatic rings. The molecule has 2 N–H and O–H groups in total. The first kappa shape index (κ1) is 25.3. The van der Waals surface area contributed by atoms with Crippen molar-refractivity contribution in [1.82, 2.24) is 15.5 Å². The fourth-order valence-corrected chi connectivity index (χ4v) is 5.34. The predicted molar refractivity (Wildman–Crippen MR) is 132 cm³/mol. The Morgan fingerprint density at radius 2 is 1.70 bits per heavy atom. The second kappa shape index (κ2) is 11.0. The molecule has 0 spiro atoms. The molecule has 1 aliphatic carbocycles. The van der Waals surface area contributed by atoms with E-state index in [0.29, 0.717) is 24.1 Å². The molecular formula is C28H31F2N3O4. The van der Waals surface area contributed by atoms with E-state index in [-0.39, 0.29) is 36.2 Å². The number of rotatable bonds is 4. The lowest BCUT2D eigenvalue weighted by Gasteiger charge is -2.29. The maximum absolute atomic E-state index is 13.1. The number of halogens is 2. The summed E-state index contributed by atoms with van der Waals surface area (Å²) in [5, 5.41) is 5.36. The highest BCUT2D eigenvalue weighted by Crippen LogP contribution is 2.31. The zero-order chi connectivity index (χ0) is 25.9. The van der Waals surface area contributed by atoms with Crippen molar-refractivity contribution in [3.63, 3.8) is 0 Å². The standard InChI is InChI=1S/C19H22N2O4.C9H9F2N/c22-17-9-8-16(18(23)20-17)21-11-12-10-14(6-7-15(12)19(21)24)25-13-4-2-1-3-5-13;10-7-1-2-8(9(11)3-7)6-4-12-5-6/h6-7,10,13,16H,1-5,8-9,11H2,(H,20,22,23);1-3,6,12H,4-5H2. The average molecular weight is 512 g/mol. The Kier molecular flexibility index (Phi) is 7.50. The van der Waals surface area contributed by atoms with Gasteiger partial charge in [0.15, 0.2) is 0 Å². The molecule has 7 nitrogen and oxygen atoms in total. The quantitative estimate of drug-likeness (QED) is 0.610. The number of ether oxygens (including phenoxy) is 1. The van der Waals surface area contributed by atoms with Crippen molar-refractivity contribution in [3.05, 3.63) is 64.7 Å². The van der Waals surface area contributed by atoms with Crippen molar-refractivity contribution in [3.8, 4) is 5.75 Å². The molecule has 0 aromatic heterocycles. The molecule has 3 aliphatic heterocycles. The lowest BCUT2D eigenvalue weighted by molar-refractivity contribution is -0.136. The van der Waals surface area contributed by atoms with E-state index in [4.69, 9.17) is 4.74 Å². The van der Waals surface area contributed by atoms with Crippen LogP contribution in [0.5, 0.6) is 5.75 Å². The van der Waals surface area contributed by atoms with Gasteiger partial charge in [0, 0.05) is 43.6 Å². The van der Waals surface area contributed by atoms with Gasteiger partial charge in [-0.1, -0.05) is 12.5 Å². The zero-order valence-electron chi connectivity index (χ0n) is 20.6. The summed E-state index contributed by atoms with van der Waals surface area (Å²) in [6.07, 6.45) is 6.77.